The Labute approximate surface area is 79.3 Å². The van der Waals surface area contributed by atoms with Crippen molar-refractivity contribution in [3.63, 3.8) is 0 Å². The lowest BCUT2D eigenvalue weighted by Crippen LogP contribution is -2.32. The molecule has 0 amide bonds. The second kappa shape index (κ2) is 4.68. The number of aliphatic hydroxyl groups excluding tert-OH is 1. The van der Waals surface area contributed by atoms with E-state index < -0.39 is 12.0 Å². The van der Waals surface area contributed by atoms with Crippen LogP contribution in [0.25, 0.3) is 0 Å². The minimum Gasteiger partial charge on any atom is -0.480 e. The topological polar surface area (TPSA) is 69.9 Å². The number of carbonyl (C=O) groups is 1. The third-order valence-electron chi connectivity index (χ3n) is 2.53. The van der Waals surface area contributed by atoms with Crippen molar-refractivity contribution >= 4 is 15.0 Å². The van der Waals surface area contributed by atoms with Crippen LogP contribution in [0.5, 0.6) is 0 Å². The molecule has 0 radical (unpaired) electrons. The molecule has 0 bridgehead atoms. The molecule has 1 fully saturated rings. The highest BCUT2D eigenvalue weighted by molar-refractivity contribution is 7.04. The van der Waals surface area contributed by atoms with Crippen LogP contribution < -0.4 is 0 Å². The van der Waals surface area contributed by atoms with Crippen molar-refractivity contribution in [1.82, 2.24) is 0 Å². The van der Waals surface area contributed by atoms with Crippen molar-refractivity contribution in [2.45, 2.75) is 37.8 Å². The molecule has 1 rings (SSSR count). The van der Waals surface area contributed by atoms with Crippen molar-refractivity contribution in [3.05, 3.63) is 0 Å². The Hall–Kier alpha value is -0.470. The quantitative estimate of drug-likeness (QED) is 0.679. The molecule has 3 atom stereocenters. The third kappa shape index (κ3) is 2.75. The van der Waals surface area contributed by atoms with Gasteiger partial charge in [0, 0.05) is 0 Å². The number of hydrogen-bond acceptors (Lipinski definition) is 3. The lowest BCUT2D eigenvalue weighted by molar-refractivity contribution is -0.140. The van der Waals surface area contributed by atoms with Crippen LogP contribution in [0.2, 0.25) is 0 Å². The average molecular weight is 203 g/mol. The van der Waals surface area contributed by atoms with Gasteiger partial charge in [0.1, 0.15) is 0 Å². The Balaban J connectivity index is 2.57. The zero-order valence-corrected chi connectivity index (χ0v) is 8.31. The number of aliphatic carboxylic acids is 1. The van der Waals surface area contributed by atoms with Gasteiger partial charge in [0.15, 0.2) is 6.04 Å². The average Bonchev–Trinajstić information content (AvgIpc) is 2.04. The van der Waals surface area contributed by atoms with Crippen molar-refractivity contribution < 1.29 is 15.0 Å². The highest BCUT2D eigenvalue weighted by Crippen LogP contribution is 2.28. The second-order valence-electron chi connectivity index (χ2n) is 3.49. The Kier molecular flexibility index (Phi) is 3.82. The molecule has 5 heteroatoms. The van der Waals surface area contributed by atoms with Crippen molar-refractivity contribution in [1.29, 1.82) is 0 Å². The molecule has 4 nitrogen and oxygen atoms in total. The van der Waals surface area contributed by atoms with Crippen LogP contribution >= 0.6 is 9.03 Å². The summed E-state index contributed by atoms with van der Waals surface area (Å²) in [5.41, 5.74) is 0. The summed E-state index contributed by atoms with van der Waals surface area (Å²) in [6.45, 7) is 0. The Morgan fingerprint density at radius 2 is 2.23 bits per heavy atom. The van der Waals surface area contributed by atoms with E-state index in [0.29, 0.717) is 6.42 Å². The maximum Gasteiger partial charge on any atom is 0.329 e. The first-order valence-corrected chi connectivity index (χ1v) is 4.87. The van der Waals surface area contributed by atoms with Gasteiger partial charge in [-0.05, 0) is 34.2 Å². The molecule has 1 saturated carbocycles. The molecule has 1 aliphatic carbocycles. The number of carboxylic acids is 1. The zero-order valence-electron chi connectivity index (χ0n) is 7.31. The van der Waals surface area contributed by atoms with Crippen molar-refractivity contribution in [3.8, 4) is 0 Å². The van der Waals surface area contributed by atoms with Crippen LogP contribution in [0.3, 0.4) is 0 Å². The summed E-state index contributed by atoms with van der Waals surface area (Å²) in [5.74, 6) is -0.951. The van der Waals surface area contributed by atoms with Crippen molar-refractivity contribution in [2.75, 3.05) is 0 Å². The molecule has 74 valence electrons. The predicted octanol–water partition coefficient (Wildman–Crippen LogP) is 1.32. The minimum atomic E-state index is -0.922. The van der Waals surface area contributed by atoms with E-state index in [1.54, 1.807) is 0 Å². The summed E-state index contributed by atoms with van der Waals surface area (Å²) in [7, 11) is 2.88. The Bertz CT molecular complexity index is 210. The van der Waals surface area contributed by atoms with E-state index >= 15 is 0 Å². The summed E-state index contributed by atoms with van der Waals surface area (Å²) in [6.07, 6.45) is 2.70. The van der Waals surface area contributed by atoms with Crippen LogP contribution in [-0.4, -0.2) is 28.3 Å². The predicted molar refractivity (Wildman–Crippen MR) is 50.1 cm³/mol. The van der Waals surface area contributed by atoms with Crippen LogP contribution in [0.15, 0.2) is 4.74 Å². The zero-order chi connectivity index (χ0) is 9.84. The van der Waals surface area contributed by atoms with Gasteiger partial charge in [-0.2, -0.15) is 0 Å². The fourth-order valence-corrected chi connectivity index (χ4v) is 2.17. The summed E-state index contributed by atoms with van der Waals surface area (Å²) in [4.78, 5) is 10.7. The van der Waals surface area contributed by atoms with Gasteiger partial charge < -0.3 is 10.2 Å². The molecule has 0 heterocycles. The molecule has 1 aliphatic rings. The van der Waals surface area contributed by atoms with Crippen LogP contribution in [0, 0.1) is 5.92 Å². The fraction of sp³-hybridized carbons (Fsp3) is 0.875. The van der Waals surface area contributed by atoms with Gasteiger partial charge in [0.05, 0.1) is 6.10 Å². The largest absolute Gasteiger partial charge is 0.480 e. The summed E-state index contributed by atoms with van der Waals surface area (Å²) >= 11 is 0. The number of hydrogen-bond donors (Lipinski definition) is 2. The van der Waals surface area contributed by atoms with Gasteiger partial charge >= 0.3 is 5.97 Å². The van der Waals surface area contributed by atoms with Crippen LogP contribution in [0.1, 0.15) is 25.7 Å². The lowest BCUT2D eigenvalue weighted by Gasteiger charge is -2.27. The SMILES string of the molecule is O=C(O)C(N=P)C1CCCC(O)C1. The van der Waals surface area contributed by atoms with Gasteiger partial charge in [-0.1, -0.05) is 6.42 Å². The standard InChI is InChI=1S/C8H14NO3P/c10-6-3-1-2-5(4-6)7(9-13)8(11)12/h5-7,10,13H,1-4H2,(H,11,12). The highest BCUT2D eigenvalue weighted by atomic mass is 31.0. The van der Waals surface area contributed by atoms with E-state index in [1.165, 1.54) is 0 Å². The molecule has 0 saturated heterocycles. The number of carboxylic acid groups (broad SMARTS) is 1. The molecular formula is C8H14NO3P. The minimum absolute atomic E-state index is 0.0289. The molecule has 0 aliphatic heterocycles. The first kappa shape index (κ1) is 10.6. The normalized spacial score (nSPS) is 30.8. The van der Waals surface area contributed by atoms with Gasteiger partial charge in [-0.3, -0.25) is 4.74 Å². The number of rotatable bonds is 3. The molecule has 0 aromatic rings. The van der Waals surface area contributed by atoms with Gasteiger partial charge in [-0.25, -0.2) is 4.79 Å². The molecule has 2 N–H and O–H groups in total. The molecule has 0 spiro atoms. The van der Waals surface area contributed by atoms with Crippen LogP contribution in [-0.2, 0) is 4.79 Å². The Morgan fingerprint density at radius 3 is 2.69 bits per heavy atom. The molecular weight excluding hydrogens is 189 g/mol. The summed E-state index contributed by atoms with van der Waals surface area (Å²) in [5, 5.41) is 18.2. The van der Waals surface area contributed by atoms with Gasteiger partial charge in [0.2, 0.25) is 0 Å². The van der Waals surface area contributed by atoms with E-state index in [-0.39, 0.29) is 12.0 Å². The maximum absolute atomic E-state index is 10.7. The third-order valence-corrected chi connectivity index (χ3v) is 2.80. The monoisotopic (exact) mass is 203 g/mol. The van der Waals surface area contributed by atoms with E-state index in [0.717, 1.165) is 19.3 Å². The van der Waals surface area contributed by atoms with Crippen LogP contribution in [0.4, 0.5) is 0 Å². The van der Waals surface area contributed by atoms with E-state index in [9.17, 15) is 9.90 Å². The maximum atomic E-state index is 10.7. The molecule has 13 heavy (non-hydrogen) atoms. The smallest absolute Gasteiger partial charge is 0.329 e. The van der Waals surface area contributed by atoms with Crippen molar-refractivity contribution in [2.24, 2.45) is 10.7 Å². The molecule has 0 aromatic carbocycles. The fourth-order valence-electron chi connectivity index (χ4n) is 1.85. The summed E-state index contributed by atoms with van der Waals surface area (Å²) < 4.78 is 3.64. The van der Waals surface area contributed by atoms with Gasteiger partial charge in [-0.15, -0.1) is 0 Å². The summed E-state index contributed by atoms with van der Waals surface area (Å²) in [6, 6.07) is -0.716. The molecule has 3 unspecified atom stereocenters. The van der Waals surface area contributed by atoms with E-state index in [2.05, 4.69) is 13.8 Å². The first-order valence-electron chi connectivity index (χ1n) is 4.42. The number of aliphatic hydroxyl groups is 1. The highest BCUT2D eigenvalue weighted by Gasteiger charge is 2.31. The Morgan fingerprint density at radius 1 is 1.54 bits per heavy atom. The van der Waals surface area contributed by atoms with E-state index in [4.69, 9.17) is 5.11 Å². The van der Waals surface area contributed by atoms with E-state index in [1.807, 2.05) is 0 Å². The first-order chi connectivity index (χ1) is 6.15. The number of nitrogens with zero attached hydrogens (tertiary/aromatic N) is 1. The van der Waals surface area contributed by atoms with Gasteiger partial charge in [0.25, 0.3) is 0 Å². The molecule has 0 aromatic heterocycles. The lowest BCUT2D eigenvalue weighted by atomic mass is 9.83. The second-order valence-corrected chi connectivity index (χ2v) is 3.75.